The number of rotatable bonds is 0. The average Bonchev–Trinajstić information content (AvgIpc) is 2.08. The number of carbonyl (C=O) groups excluding carboxylic acids is 1. The number of carbonyl (C=O) groups is 1. The quantitative estimate of drug-likeness (QED) is 0.717. The van der Waals surface area contributed by atoms with Gasteiger partial charge in [-0.05, 0) is 22.0 Å². The van der Waals surface area contributed by atoms with Gasteiger partial charge in [0.05, 0.1) is 0 Å². The third-order valence-electron chi connectivity index (χ3n) is 1.31. The Kier molecular flexibility index (Phi) is 2.65. The fourth-order valence-electron chi connectivity index (χ4n) is 0.740. The van der Waals surface area contributed by atoms with Crippen LogP contribution in [0.1, 0.15) is 0 Å². The van der Waals surface area contributed by atoms with Crippen LogP contribution in [0.25, 0.3) is 0 Å². The maximum atomic E-state index is 11.1. The van der Waals surface area contributed by atoms with Gasteiger partial charge in [0, 0.05) is 23.8 Å². The Morgan fingerprint density at radius 2 is 2.25 bits per heavy atom. The van der Waals surface area contributed by atoms with Crippen LogP contribution in [0.3, 0.4) is 0 Å². The molecule has 0 unspecified atom stereocenters. The Balaban J connectivity index is 3.23. The third-order valence-corrected chi connectivity index (χ3v) is 1.78. The molecule has 0 radical (unpaired) electrons. The van der Waals surface area contributed by atoms with Crippen LogP contribution in [-0.4, -0.2) is 17.6 Å². The number of aromatic nitrogens is 1. The summed E-state index contributed by atoms with van der Waals surface area (Å²) in [5, 5.41) is 2.35. The maximum Gasteiger partial charge on any atom is 0.328 e. The van der Waals surface area contributed by atoms with E-state index in [1.807, 2.05) is 0 Å². The predicted molar refractivity (Wildman–Crippen MR) is 48.3 cm³/mol. The van der Waals surface area contributed by atoms with Gasteiger partial charge < -0.3 is 5.32 Å². The molecule has 0 bridgehead atoms. The fraction of sp³-hybridized carbons (Fsp3) is 0.143. The van der Waals surface area contributed by atoms with Gasteiger partial charge in [0.25, 0.3) is 5.56 Å². The lowest BCUT2D eigenvalue weighted by Gasteiger charge is -2.01. The molecule has 0 aromatic carbocycles. The molecule has 1 rings (SSSR count). The number of pyridine rings is 1. The maximum absolute atomic E-state index is 11.1. The molecule has 4 nitrogen and oxygen atoms in total. The summed E-state index contributed by atoms with van der Waals surface area (Å²) in [5.74, 6) is 0. The van der Waals surface area contributed by atoms with Gasteiger partial charge in [0.1, 0.15) is 0 Å². The number of hydrogen-bond donors (Lipinski definition) is 1. The highest BCUT2D eigenvalue weighted by Crippen LogP contribution is 2.04. The second-order valence-electron chi connectivity index (χ2n) is 2.11. The lowest BCUT2D eigenvalue weighted by molar-refractivity contribution is 0.243. The first kappa shape index (κ1) is 8.99. The van der Waals surface area contributed by atoms with Gasteiger partial charge >= 0.3 is 6.03 Å². The summed E-state index contributed by atoms with van der Waals surface area (Å²) in [5.41, 5.74) is -0.349. The van der Waals surface area contributed by atoms with E-state index < -0.39 is 6.03 Å². The van der Waals surface area contributed by atoms with Crippen molar-refractivity contribution >= 4 is 22.0 Å². The molecule has 1 N–H and O–H groups in total. The molecular weight excluding hydrogens is 224 g/mol. The topological polar surface area (TPSA) is 51.1 Å². The predicted octanol–water partition coefficient (Wildman–Crippen LogP) is 0.798. The number of nitrogens with one attached hydrogen (secondary N) is 1. The lowest BCUT2D eigenvalue weighted by Crippen LogP contribution is -2.33. The van der Waals surface area contributed by atoms with Gasteiger partial charge in [0.2, 0.25) is 0 Å². The molecule has 0 aliphatic heterocycles. The van der Waals surface area contributed by atoms with Crippen LogP contribution in [0, 0.1) is 0 Å². The summed E-state index contributed by atoms with van der Waals surface area (Å²) in [7, 11) is 1.47. The molecule has 0 atom stereocenters. The van der Waals surface area contributed by atoms with Crippen LogP contribution >= 0.6 is 15.9 Å². The normalized spacial score (nSPS) is 9.50. The molecule has 1 heterocycles. The van der Waals surface area contributed by atoms with Crippen molar-refractivity contribution in [3.05, 3.63) is 33.2 Å². The monoisotopic (exact) mass is 230 g/mol. The molecule has 0 saturated heterocycles. The smallest absolute Gasteiger partial charge is 0.328 e. The average molecular weight is 231 g/mol. The third kappa shape index (κ3) is 1.73. The molecule has 0 aliphatic rings. The summed E-state index contributed by atoms with van der Waals surface area (Å²) in [6, 6.07) is 2.46. The minimum Gasteiger partial charge on any atom is -0.340 e. The van der Waals surface area contributed by atoms with Crippen LogP contribution < -0.4 is 10.9 Å². The highest BCUT2D eigenvalue weighted by Gasteiger charge is 2.02. The lowest BCUT2D eigenvalue weighted by atomic mass is 10.5. The summed E-state index contributed by atoms with van der Waals surface area (Å²) in [6.45, 7) is 0. The van der Waals surface area contributed by atoms with Crippen molar-refractivity contribution in [3.8, 4) is 0 Å². The van der Waals surface area contributed by atoms with E-state index in [2.05, 4.69) is 21.2 Å². The molecule has 1 aromatic rings. The van der Waals surface area contributed by atoms with Crippen molar-refractivity contribution in [3.63, 3.8) is 0 Å². The van der Waals surface area contributed by atoms with Gasteiger partial charge in [-0.15, -0.1) is 0 Å². The first-order valence-electron chi connectivity index (χ1n) is 3.25. The van der Waals surface area contributed by atoms with Crippen LogP contribution in [0.15, 0.2) is 27.6 Å². The largest absolute Gasteiger partial charge is 0.340 e. The first-order chi connectivity index (χ1) is 5.65. The SMILES string of the molecule is CNC(=O)n1cc(Br)ccc1=O. The van der Waals surface area contributed by atoms with Crippen molar-refractivity contribution in [1.29, 1.82) is 0 Å². The van der Waals surface area contributed by atoms with Crippen LogP contribution in [-0.2, 0) is 0 Å². The summed E-state index contributed by atoms with van der Waals surface area (Å²) in [4.78, 5) is 22.1. The molecule has 0 aliphatic carbocycles. The van der Waals surface area contributed by atoms with Gasteiger partial charge in [-0.25, -0.2) is 9.36 Å². The molecule has 1 aromatic heterocycles. The number of amides is 1. The molecule has 64 valence electrons. The van der Waals surface area contributed by atoms with Gasteiger partial charge in [-0.2, -0.15) is 0 Å². The van der Waals surface area contributed by atoms with E-state index in [4.69, 9.17) is 0 Å². The molecule has 5 heteroatoms. The fourth-order valence-corrected chi connectivity index (χ4v) is 1.08. The standard InChI is InChI=1S/C7H7BrN2O2/c1-9-7(12)10-4-5(8)2-3-6(10)11/h2-4H,1H3,(H,9,12). The Morgan fingerprint density at radius 3 is 2.83 bits per heavy atom. The van der Waals surface area contributed by atoms with E-state index in [-0.39, 0.29) is 5.56 Å². The second-order valence-corrected chi connectivity index (χ2v) is 3.03. The highest BCUT2D eigenvalue weighted by molar-refractivity contribution is 9.10. The van der Waals surface area contributed by atoms with Crippen molar-refractivity contribution in [1.82, 2.24) is 9.88 Å². The van der Waals surface area contributed by atoms with E-state index in [1.165, 1.54) is 19.3 Å². The van der Waals surface area contributed by atoms with E-state index in [9.17, 15) is 9.59 Å². The molecule has 0 fully saturated rings. The Morgan fingerprint density at radius 1 is 1.58 bits per heavy atom. The Hall–Kier alpha value is -1.10. The van der Waals surface area contributed by atoms with Crippen molar-refractivity contribution < 1.29 is 4.79 Å². The molecule has 0 spiro atoms. The van der Waals surface area contributed by atoms with Crippen molar-refractivity contribution in [2.45, 2.75) is 0 Å². The number of nitrogens with zero attached hydrogens (tertiary/aromatic N) is 1. The zero-order valence-corrected chi connectivity index (χ0v) is 7.96. The van der Waals surface area contributed by atoms with Crippen molar-refractivity contribution in [2.75, 3.05) is 7.05 Å². The minimum atomic E-state index is -0.443. The first-order valence-corrected chi connectivity index (χ1v) is 4.05. The van der Waals surface area contributed by atoms with Gasteiger partial charge in [0.15, 0.2) is 0 Å². The highest BCUT2D eigenvalue weighted by atomic mass is 79.9. The van der Waals surface area contributed by atoms with Crippen molar-refractivity contribution in [2.24, 2.45) is 0 Å². The summed E-state index contributed by atoms with van der Waals surface area (Å²) < 4.78 is 1.68. The van der Waals surface area contributed by atoms with Gasteiger partial charge in [-0.1, -0.05) is 0 Å². The van der Waals surface area contributed by atoms with E-state index >= 15 is 0 Å². The minimum absolute atomic E-state index is 0.349. The van der Waals surface area contributed by atoms with Crippen LogP contribution in [0.2, 0.25) is 0 Å². The molecular formula is C7H7BrN2O2. The number of halogens is 1. The summed E-state index contributed by atoms with van der Waals surface area (Å²) in [6.07, 6.45) is 1.42. The zero-order valence-electron chi connectivity index (χ0n) is 6.37. The molecule has 1 amide bonds. The van der Waals surface area contributed by atoms with Gasteiger partial charge in [-0.3, -0.25) is 4.79 Å². The van der Waals surface area contributed by atoms with E-state index in [0.29, 0.717) is 4.47 Å². The van der Waals surface area contributed by atoms with Crippen LogP contribution in [0.5, 0.6) is 0 Å². The molecule has 12 heavy (non-hydrogen) atoms. The Bertz CT molecular complexity index is 359. The number of hydrogen-bond acceptors (Lipinski definition) is 2. The summed E-state index contributed by atoms with van der Waals surface area (Å²) >= 11 is 3.15. The van der Waals surface area contributed by atoms with E-state index in [0.717, 1.165) is 4.57 Å². The molecule has 0 saturated carbocycles. The Labute approximate surface area is 77.3 Å². The second kappa shape index (κ2) is 3.53. The van der Waals surface area contributed by atoms with Crippen LogP contribution in [0.4, 0.5) is 4.79 Å². The zero-order chi connectivity index (χ0) is 9.14. The van der Waals surface area contributed by atoms with E-state index in [1.54, 1.807) is 6.07 Å².